The molecule has 0 bridgehead atoms. The van der Waals surface area contributed by atoms with E-state index in [0.29, 0.717) is 0 Å². The third-order valence-corrected chi connectivity index (χ3v) is 5.93. The van der Waals surface area contributed by atoms with Gasteiger partial charge in [0.15, 0.2) is 22.6 Å². The highest BCUT2D eigenvalue weighted by Crippen LogP contribution is 2.60. The second kappa shape index (κ2) is 6.22. The highest BCUT2D eigenvalue weighted by Gasteiger charge is 2.57. The van der Waals surface area contributed by atoms with E-state index in [9.17, 15) is 8.96 Å². The largest absolute Gasteiger partial charge is 0.475 e. The van der Waals surface area contributed by atoms with E-state index in [2.05, 4.69) is 20.9 Å². The van der Waals surface area contributed by atoms with E-state index in [1.807, 2.05) is 0 Å². The molecule has 4 atom stereocenters. The lowest BCUT2D eigenvalue weighted by atomic mass is 9.99. The molecule has 0 saturated carbocycles. The predicted octanol–water partition coefficient (Wildman–Crippen LogP) is 1.79. The van der Waals surface area contributed by atoms with Gasteiger partial charge in [0.05, 0.1) is 12.4 Å². The van der Waals surface area contributed by atoms with Gasteiger partial charge in [-0.25, -0.2) is 9.55 Å². The summed E-state index contributed by atoms with van der Waals surface area (Å²) in [5.41, 5.74) is 4.79. The molecule has 2 aromatic heterocycles. The van der Waals surface area contributed by atoms with Gasteiger partial charge in [-0.1, -0.05) is 5.92 Å². The Bertz CT molecular complexity index is 991. The molecular formula is C15H17FN5O5P. The van der Waals surface area contributed by atoms with E-state index in [0.717, 1.165) is 0 Å². The maximum absolute atomic E-state index is 13.6. The maximum atomic E-state index is 13.6. The first kappa shape index (κ1) is 18.3. The lowest BCUT2D eigenvalue weighted by Crippen LogP contribution is -2.46. The van der Waals surface area contributed by atoms with Crippen molar-refractivity contribution in [2.24, 2.45) is 0 Å². The summed E-state index contributed by atoms with van der Waals surface area (Å²) in [5.74, 6) is 2.43. The van der Waals surface area contributed by atoms with Crippen LogP contribution in [0.1, 0.15) is 26.5 Å². The molecular weight excluding hydrogens is 380 g/mol. The van der Waals surface area contributed by atoms with Gasteiger partial charge in [-0.15, -0.1) is 6.42 Å². The van der Waals surface area contributed by atoms with Gasteiger partial charge in [-0.05, 0) is 13.8 Å². The minimum atomic E-state index is -3.77. The van der Waals surface area contributed by atoms with Crippen molar-refractivity contribution in [3.63, 3.8) is 0 Å². The van der Waals surface area contributed by atoms with E-state index in [1.165, 1.54) is 10.9 Å². The number of nitrogen functional groups attached to an aromatic ring is 1. The summed E-state index contributed by atoms with van der Waals surface area (Å²) in [6.45, 7) is 3.24. The molecule has 2 aliphatic rings. The van der Waals surface area contributed by atoms with E-state index < -0.39 is 31.8 Å². The highest BCUT2D eigenvalue weighted by molar-refractivity contribution is 7.48. The molecule has 0 radical (unpaired) electrons. The average Bonchev–Trinajstić information content (AvgIpc) is 3.15. The third kappa shape index (κ3) is 2.99. The fraction of sp³-hybridized carbons (Fsp3) is 0.533. The van der Waals surface area contributed by atoms with Crippen molar-refractivity contribution in [2.45, 2.75) is 44.3 Å². The van der Waals surface area contributed by atoms with Crippen molar-refractivity contribution in [2.75, 3.05) is 12.3 Å². The quantitative estimate of drug-likeness (QED) is 0.469. The fourth-order valence-electron chi connectivity index (χ4n) is 3.13. The van der Waals surface area contributed by atoms with Gasteiger partial charge < -0.3 is 10.5 Å². The molecule has 1 unspecified atom stereocenters. The second-order valence-electron chi connectivity index (χ2n) is 6.51. The summed E-state index contributed by atoms with van der Waals surface area (Å²) in [5, 5.41) is 0. The number of rotatable bonds is 3. The first-order valence-electron chi connectivity index (χ1n) is 8.18. The zero-order valence-corrected chi connectivity index (χ0v) is 15.4. The lowest BCUT2D eigenvalue weighted by molar-refractivity contribution is -0.114. The molecule has 144 valence electrons. The highest BCUT2D eigenvalue weighted by atomic mass is 31.2. The summed E-state index contributed by atoms with van der Waals surface area (Å²) < 4.78 is 49.8. The Labute approximate surface area is 153 Å². The van der Waals surface area contributed by atoms with Crippen LogP contribution in [0.4, 0.5) is 10.2 Å². The molecule has 2 saturated heterocycles. The molecule has 4 heterocycles. The number of nitrogens with zero attached hydrogens (tertiary/aromatic N) is 4. The number of nitrogens with two attached hydrogens (primary N) is 1. The number of phosphoric acid groups is 1. The predicted molar refractivity (Wildman–Crippen MR) is 90.6 cm³/mol. The Hall–Kier alpha value is -2.09. The van der Waals surface area contributed by atoms with Crippen LogP contribution in [0.25, 0.3) is 11.2 Å². The number of aromatic nitrogens is 4. The number of fused-ring (bicyclic) bond motifs is 2. The van der Waals surface area contributed by atoms with Crippen LogP contribution in [0.2, 0.25) is 0 Å². The van der Waals surface area contributed by atoms with Crippen LogP contribution < -0.4 is 5.73 Å². The number of hydrogen-bond acceptors (Lipinski definition) is 9. The molecule has 0 aromatic carbocycles. The smallest absolute Gasteiger partial charge is 0.382 e. The zero-order chi connectivity index (χ0) is 19.4. The Kier molecular flexibility index (Phi) is 4.21. The van der Waals surface area contributed by atoms with Crippen molar-refractivity contribution in [3.05, 3.63) is 12.4 Å². The molecule has 4 rings (SSSR count). The van der Waals surface area contributed by atoms with Crippen molar-refractivity contribution in [3.8, 4) is 12.3 Å². The SMILES string of the molecule is C#C[C@@]12COP(=O)(OC(C)C)O[C@@H]1C[C@H](n1cnc3c(N)nc(F)nc31)O2. The van der Waals surface area contributed by atoms with Crippen LogP contribution in [-0.2, 0) is 22.9 Å². The molecule has 2 N–H and O–H groups in total. The molecule has 2 aliphatic heterocycles. The monoisotopic (exact) mass is 397 g/mol. The Morgan fingerprint density at radius 3 is 3.04 bits per heavy atom. The fourth-order valence-corrected chi connectivity index (χ4v) is 4.74. The van der Waals surface area contributed by atoms with Crippen LogP contribution in [0.5, 0.6) is 0 Å². The minimum Gasteiger partial charge on any atom is -0.382 e. The number of hydrogen-bond donors (Lipinski definition) is 1. The van der Waals surface area contributed by atoms with Gasteiger partial charge in [0.1, 0.15) is 18.9 Å². The Balaban J connectivity index is 1.67. The van der Waals surface area contributed by atoms with E-state index >= 15 is 0 Å². The van der Waals surface area contributed by atoms with E-state index in [4.69, 9.17) is 30.5 Å². The van der Waals surface area contributed by atoms with Gasteiger partial charge in [0.25, 0.3) is 0 Å². The van der Waals surface area contributed by atoms with Gasteiger partial charge in [0, 0.05) is 6.42 Å². The standard InChI is InChI=1S/C15H17FN5O5P/c1-4-15-6-23-27(22,25-8(2)3)26-9(15)5-10(24-15)21-7-18-11-12(17)19-14(16)20-13(11)21/h1,7-10H,5-6H2,2-3H3,(H2,17,19,20)/t9-,10-,15-,27?/m1/s1. The van der Waals surface area contributed by atoms with Crippen molar-refractivity contribution < 1.29 is 27.3 Å². The number of halogens is 1. The lowest BCUT2D eigenvalue weighted by Gasteiger charge is -2.36. The summed E-state index contributed by atoms with van der Waals surface area (Å²) in [4.78, 5) is 11.3. The van der Waals surface area contributed by atoms with Crippen molar-refractivity contribution >= 4 is 24.8 Å². The topological polar surface area (TPSA) is 124 Å². The van der Waals surface area contributed by atoms with Gasteiger partial charge in [-0.2, -0.15) is 14.4 Å². The third-order valence-electron chi connectivity index (χ3n) is 4.29. The summed E-state index contributed by atoms with van der Waals surface area (Å²) in [7, 11) is -3.77. The average molecular weight is 397 g/mol. The van der Waals surface area contributed by atoms with Crippen LogP contribution in [0.3, 0.4) is 0 Å². The normalized spacial score (nSPS) is 33.3. The van der Waals surface area contributed by atoms with Gasteiger partial charge >= 0.3 is 13.9 Å². The molecule has 0 spiro atoms. The first-order valence-corrected chi connectivity index (χ1v) is 9.64. The number of imidazole rings is 1. The van der Waals surface area contributed by atoms with Gasteiger partial charge in [0.2, 0.25) is 0 Å². The van der Waals surface area contributed by atoms with Crippen LogP contribution >= 0.6 is 7.82 Å². The Morgan fingerprint density at radius 2 is 2.33 bits per heavy atom. The van der Waals surface area contributed by atoms with E-state index in [-0.39, 0.29) is 36.1 Å². The summed E-state index contributed by atoms with van der Waals surface area (Å²) in [6, 6.07) is 0. The molecule has 10 nitrogen and oxygen atoms in total. The van der Waals surface area contributed by atoms with Crippen LogP contribution in [0, 0.1) is 18.4 Å². The maximum Gasteiger partial charge on any atom is 0.475 e. The van der Waals surface area contributed by atoms with Crippen molar-refractivity contribution in [1.29, 1.82) is 0 Å². The number of ether oxygens (including phenoxy) is 1. The van der Waals surface area contributed by atoms with Gasteiger partial charge in [-0.3, -0.25) is 18.1 Å². The molecule has 0 aliphatic carbocycles. The van der Waals surface area contributed by atoms with Crippen LogP contribution in [0.15, 0.2) is 6.33 Å². The summed E-state index contributed by atoms with van der Waals surface area (Å²) >= 11 is 0. The molecule has 27 heavy (non-hydrogen) atoms. The summed E-state index contributed by atoms with van der Waals surface area (Å²) in [6.07, 6.45) is 4.43. The number of anilines is 1. The molecule has 12 heteroatoms. The van der Waals surface area contributed by atoms with Crippen LogP contribution in [-0.4, -0.2) is 43.9 Å². The minimum absolute atomic E-state index is 0.0901. The molecule has 0 amide bonds. The zero-order valence-electron chi connectivity index (χ0n) is 14.5. The second-order valence-corrected chi connectivity index (χ2v) is 8.09. The number of phosphoric ester groups is 1. The Morgan fingerprint density at radius 1 is 1.56 bits per heavy atom. The first-order chi connectivity index (χ1) is 12.8. The molecule has 2 aromatic rings. The number of terminal acetylenes is 1. The molecule has 2 fully saturated rings. The van der Waals surface area contributed by atoms with E-state index in [1.54, 1.807) is 13.8 Å². The van der Waals surface area contributed by atoms with Crippen molar-refractivity contribution in [1.82, 2.24) is 19.5 Å².